The summed E-state index contributed by atoms with van der Waals surface area (Å²) in [4.78, 5) is 8.20. The summed E-state index contributed by atoms with van der Waals surface area (Å²) in [6.45, 7) is 4.74. The molecule has 1 aromatic heterocycles. The lowest BCUT2D eigenvalue weighted by Crippen LogP contribution is -2.05. The lowest BCUT2D eigenvalue weighted by molar-refractivity contribution is 0.294. The van der Waals surface area contributed by atoms with Gasteiger partial charge in [0.15, 0.2) is 0 Å². The Kier molecular flexibility index (Phi) is 5.36. The Morgan fingerprint density at radius 3 is 2.60 bits per heavy atom. The van der Waals surface area contributed by atoms with E-state index in [4.69, 9.17) is 16.3 Å². The Morgan fingerprint density at radius 1 is 1.15 bits per heavy atom. The number of benzene rings is 1. The van der Waals surface area contributed by atoms with E-state index in [1.807, 2.05) is 6.07 Å². The molecule has 0 saturated carbocycles. The van der Waals surface area contributed by atoms with Crippen molar-refractivity contribution in [2.24, 2.45) is 0 Å². The molecule has 0 aliphatic heterocycles. The van der Waals surface area contributed by atoms with Crippen LogP contribution in [0.5, 0.6) is 5.88 Å². The quantitative estimate of drug-likeness (QED) is 0.589. The minimum atomic E-state index is 0.243. The molecule has 0 N–H and O–H groups in total. The topological polar surface area (TPSA) is 35.0 Å². The van der Waals surface area contributed by atoms with Crippen LogP contribution in [-0.2, 0) is 6.42 Å². The van der Waals surface area contributed by atoms with Crippen LogP contribution in [0.3, 0.4) is 0 Å². The van der Waals surface area contributed by atoms with E-state index in [0.29, 0.717) is 17.6 Å². The zero-order valence-electron chi connectivity index (χ0n) is 11.8. The number of hydrogen-bond donors (Lipinski definition) is 0. The molecule has 4 heteroatoms. The van der Waals surface area contributed by atoms with Crippen molar-refractivity contribution in [1.29, 1.82) is 0 Å². The van der Waals surface area contributed by atoms with Crippen molar-refractivity contribution >= 4 is 11.6 Å². The standard InChI is InChI=1S/C16H19ClN2O/c1-12(2)14-15(17)18-11-19-16(14)20-10-6-9-13-7-4-3-5-8-13/h3-5,7-8,11-12H,6,9-10H2,1-2H3. The summed E-state index contributed by atoms with van der Waals surface area (Å²) in [5.74, 6) is 0.848. The zero-order valence-corrected chi connectivity index (χ0v) is 12.6. The van der Waals surface area contributed by atoms with Gasteiger partial charge in [0.05, 0.1) is 12.2 Å². The van der Waals surface area contributed by atoms with Gasteiger partial charge in [0.1, 0.15) is 11.5 Å². The van der Waals surface area contributed by atoms with Crippen molar-refractivity contribution in [2.75, 3.05) is 6.61 Å². The van der Waals surface area contributed by atoms with Gasteiger partial charge in [0, 0.05) is 0 Å². The maximum atomic E-state index is 6.10. The fraction of sp³-hybridized carbons (Fsp3) is 0.375. The first kappa shape index (κ1) is 14.8. The Balaban J connectivity index is 1.90. The largest absolute Gasteiger partial charge is 0.477 e. The molecular weight excluding hydrogens is 272 g/mol. The van der Waals surface area contributed by atoms with Crippen molar-refractivity contribution < 1.29 is 4.74 Å². The lowest BCUT2D eigenvalue weighted by atomic mass is 10.1. The Morgan fingerprint density at radius 2 is 1.90 bits per heavy atom. The highest BCUT2D eigenvalue weighted by molar-refractivity contribution is 6.30. The Bertz CT molecular complexity index is 543. The van der Waals surface area contributed by atoms with Gasteiger partial charge in [-0.3, -0.25) is 0 Å². The maximum absolute atomic E-state index is 6.10. The third-order valence-electron chi connectivity index (χ3n) is 3.07. The molecule has 106 valence electrons. The van der Waals surface area contributed by atoms with Gasteiger partial charge in [0.25, 0.3) is 0 Å². The first-order valence-corrected chi connectivity index (χ1v) is 7.23. The molecule has 1 heterocycles. The van der Waals surface area contributed by atoms with Crippen LogP contribution in [0.1, 0.15) is 37.3 Å². The number of hydrogen-bond acceptors (Lipinski definition) is 3. The van der Waals surface area contributed by atoms with E-state index in [2.05, 4.69) is 48.1 Å². The second kappa shape index (κ2) is 7.25. The summed E-state index contributed by atoms with van der Waals surface area (Å²) < 4.78 is 5.77. The minimum Gasteiger partial charge on any atom is -0.477 e. The second-order valence-electron chi connectivity index (χ2n) is 4.98. The SMILES string of the molecule is CC(C)c1c(Cl)ncnc1OCCCc1ccccc1. The van der Waals surface area contributed by atoms with Gasteiger partial charge < -0.3 is 4.74 Å². The van der Waals surface area contributed by atoms with Crippen molar-refractivity contribution in [3.05, 3.63) is 52.9 Å². The van der Waals surface area contributed by atoms with Gasteiger partial charge in [-0.15, -0.1) is 0 Å². The van der Waals surface area contributed by atoms with Crippen molar-refractivity contribution in [1.82, 2.24) is 9.97 Å². The van der Waals surface area contributed by atoms with E-state index >= 15 is 0 Å². The minimum absolute atomic E-state index is 0.243. The number of nitrogens with zero attached hydrogens (tertiary/aromatic N) is 2. The smallest absolute Gasteiger partial charge is 0.221 e. The van der Waals surface area contributed by atoms with Gasteiger partial charge in [0.2, 0.25) is 5.88 Å². The van der Waals surface area contributed by atoms with Gasteiger partial charge >= 0.3 is 0 Å². The van der Waals surface area contributed by atoms with Crippen molar-refractivity contribution in [3.63, 3.8) is 0 Å². The lowest BCUT2D eigenvalue weighted by Gasteiger charge is -2.13. The molecule has 3 nitrogen and oxygen atoms in total. The normalized spacial score (nSPS) is 10.8. The summed E-state index contributed by atoms with van der Waals surface area (Å²) in [6, 6.07) is 10.4. The summed E-state index contributed by atoms with van der Waals surface area (Å²) in [5, 5.41) is 0.480. The Labute approximate surface area is 125 Å². The van der Waals surface area contributed by atoms with Gasteiger partial charge in [-0.2, -0.15) is 0 Å². The first-order chi connectivity index (χ1) is 9.68. The number of halogens is 1. The number of aromatic nitrogens is 2. The van der Waals surface area contributed by atoms with Crippen LogP contribution in [0, 0.1) is 0 Å². The first-order valence-electron chi connectivity index (χ1n) is 6.85. The maximum Gasteiger partial charge on any atom is 0.221 e. The summed E-state index contributed by atoms with van der Waals surface area (Å²) >= 11 is 6.10. The predicted molar refractivity (Wildman–Crippen MR) is 81.4 cm³/mol. The highest BCUT2D eigenvalue weighted by Gasteiger charge is 2.14. The van der Waals surface area contributed by atoms with E-state index in [1.54, 1.807) is 0 Å². The van der Waals surface area contributed by atoms with E-state index in [0.717, 1.165) is 18.4 Å². The van der Waals surface area contributed by atoms with Crippen LogP contribution in [0.15, 0.2) is 36.7 Å². The average molecular weight is 291 g/mol. The van der Waals surface area contributed by atoms with Crippen LogP contribution >= 0.6 is 11.6 Å². The van der Waals surface area contributed by atoms with E-state index in [1.165, 1.54) is 11.9 Å². The van der Waals surface area contributed by atoms with Crippen molar-refractivity contribution in [3.8, 4) is 5.88 Å². The van der Waals surface area contributed by atoms with E-state index < -0.39 is 0 Å². The summed E-state index contributed by atoms with van der Waals surface area (Å²) in [5.41, 5.74) is 2.20. The molecule has 0 spiro atoms. The third-order valence-corrected chi connectivity index (χ3v) is 3.37. The zero-order chi connectivity index (χ0) is 14.4. The Hall–Kier alpha value is -1.61. The van der Waals surface area contributed by atoms with Gasteiger partial charge in [-0.1, -0.05) is 55.8 Å². The van der Waals surface area contributed by atoms with Crippen LogP contribution < -0.4 is 4.74 Å². The van der Waals surface area contributed by atoms with E-state index in [9.17, 15) is 0 Å². The fourth-order valence-corrected chi connectivity index (χ4v) is 2.39. The monoisotopic (exact) mass is 290 g/mol. The van der Waals surface area contributed by atoms with Crippen LogP contribution in [-0.4, -0.2) is 16.6 Å². The highest BCUT2D eigenvalue weighted by atomic mass is 35.5. The third kappa shape index (κ3) is 3.94. The van der Waals surface area contributed by atoms with Crippen LogP contribution in [0.4, 0.5) is 0 Å². The highest BCUT2D eigenvalue weighted by Crippen LogP contribution is 2.29. The van der Waals surface area contributed by atoms with Gasteiger partial charge in [-0.05, 0) is 24.3 Å². The molecule has 0 saturated heterocycles. The summed E-state index contributed by atoms with van der Waals surface area (Å²) in [7, 11) is 0. The second-order valence-corrected chi connectivity index (χ2v) is 5.33. The molecule has 0 bridgehead atoms. The molecule has 2 aromatic rings. The average Bonchev–Trinajstić information content (AvgIpc) is 2.44. The molecule has 0 aliphatic rings. The molecule has 0 radical (unpaired) electrons. The van der Waals surface area contributed by atoms with E-state index in [-0.39, 0.29) is 5.92 Å². The predicted octanol–water partition coefficient (Wildman–Crippen LogP) is 4.27. The van der Waals surface area contributed by atoms with Crippen LogP contribution in [0.2, 0.25) is 5.15 Å². The molecule has 0 atom stereocenters. The molecule has 20 heavy (non-hydrogen) atoms. The number of aryl methyl sites for hydroxylation is 1. The van der Waals surface area contributed by atoms with Gasteiger partial charge in [-0.25, -0.2) is 9.97 Å². The molecule has 1 aromatic carbocycles. The molecule has 0 unspecified atom stereocenters. The van der Waals surface area contributed by atoms with Crippen LogP contribution in [0.25, 0.3) is 0 Å². The fourth-order valence-electron chi connectivity index (χ4n) is 2.05. The number of rotatable bonds is 6. The number of ether oxygens (including phenoxy) is 1. The summed E-state index contributed by atoms with van der Waals surface area (Å²) in [6.07, 6.45) is 3.39. The molecular formula is C16H19ClN2O. The molecule has 0 aliphatic carbocycles. The molecule has 0 amide bonds. The van der Waals surface area contributed by atoms with Crippen molar-refractivity contribution in [2.45, 2.75) is 32.6 Å². The molecule has 0 fully saturated rings. The molecule has 2 rings (SSSR count).